The Balaban J connectivity index is 2.34. The Hall–Kier alpha value is 0.0700. The third-order valence-corrected chi connectivity index (χ3v) is 3.84. The number of rotatable bonds is 1. The maximum Gasteiger partial charge on any atom is 0.150 e. The number of hydrogen-bond acceptors (Lipinski definition) is 3. The molecule has 12 heavy (non-hydrogen) atoms. The molecule has 0 spiro atoms. The quantitative estimate of drug-likeness (QED) is 0.829. The van der Waals surface area contributed by atoms with Crippen molar-refractivity contribution in [3.63, 3.8) is 0 Å². The molecule has 0 bridgehead atoms. The summed E-state index contributed by atoms with van der Waals surface area (Å²) < 4.78 is 6.11. The van der Waals surface area contributed by atoms with Crippen molar-refractivity contribution in [2.24, 2.45) is 0 Å². The van der Waals surface area contributed by atoms with E-state index >= 15 is 0 Å². The van der Waals surface area contributed by atoms with Crippen molar-refractivity contribution in [2.45, 2.75) is 12.0 Å². The average molecular weight is 249 g/mol. The van der Waals surface area contributed by atoms with Crippen LogP contribution in [0.25, 0.3) is 0 Å². The van der Waals surface area contributed by atoms with E-state index in [2.05, 4.69) is 15.9 Å². The molecule has 2 heterocycles. The standard InChI is InChI=1S/C8H9BrO2S/c9-6-1-3-11-7(6)8(10)2-4-12-5-8/h1,3,10H,2,4-5H2. The minimum atomic E-state index is -0.743. The predicted molar refractivity (Wildman–Crippen MR) is 52.2 cm³/mol. The number of aliphatic hydroxyl groups is 1. The Bertz CT molecular complexity index is 278. The summed E-state index contributed by atoms with van der Waals surface area (Å²) in [7, 11) is 0. The molecule has 1 fully saturated rings. The highest BCUT2D eigenvalue weighted by atomic mass is 79.9. The van der Waals surface area contributed by atoms with E-state index in [0.717, 1.165) is 22.4 Å². The summed E-state index contributed by atoms with van der Waals surface area (Å²) >= 11 is 5.11. The molecular formula is C8H9BrO2S. The Morgan fingerprint density at radius 2 is 2.50 bits per heavy atom. The fourth-order valence-corrected chi connectivity index (χ4v) is 3.17. The van der Waals surface area contributed by atoms with Gasteiger partial charge in [0.1, 0.15) is 11.4 Å². The largest absolute Gasteiger partial charge is 0.465 e. The van der Waals surface area contributed by atoms with E-state index in [0.29, 0.717) is 5.76 Å². The molecular weight excluding hydrogens is 240 g/mol. The SMILES string of the molecule is OC1(c2occc2Br)CCSC1. The van der Waals surface area contributed by atoms with Crippen molar-refractivity contribution in [1.29, 1.82) is 0 Å². The predicted octanol–water partition coefficient (Wildman–Crippen LogP) is 2.37. The zero-order valence-electron chi connectivity index (χ0n) is 6.42. The monoisotopic (exact) mass is 248 g/mol. The Morgan fingerprint density at radius 3 is 3.00 bits per heavy atom. The molecule has 1 aromatic rings. The van der Waals surface area contributed by atoms with Crippen molar-refractivity contribution in [1.82, 2.24) is 0 Å². The normalized spacial score (nSPS) is 29.5. The van der Waals surface area contributed by atoms with Gasteiger partial charge in [-0.2, -0.15) is 11.8 Å². The molecule has 0 amide bonds. The third-order valence-electron chi connectivity index (χ3n) is 2.04. The van der Waals surface area contributed by atoms with E-state index in [-0.39, 0.29) is 0 Å². The van der Waals surface area contributed by atoms with Crippen LogP contribution in [0.3, 0.4) is 0 Å². The van der Waals surface area contributed by atoms with Gasteiger partial charge in [0, 0.05) is 5.75 Å². The van der Waals surface area contributed by atoms with Gasteiger partial charge in [-0.1, -0.05) is 0 Å². The molecule has 1 aliphatic rings. The molecule has 1 atom stereocenters. The second-order valence-corrected chi connectivity index (χ2v) is 4.89. The van der Waals surface area contributed by atoms with Crippen LogP contribution in [0.1, 0.15) is 12.2 Å². The van der Waals surface area contributed by atoms with Crippen LogP contribution in [0.4, 0.5) is 0 Å². The van der Waals surface area contributed by atoms with Crippen molar-refractivity contribution in [2.75, 3.05) is 11.5 Å². The van der Waals surface area contributed by atoms with Crippen LogP contribution >= 0.6 is 27.7 Å². The maximum absolute atomic E-state index is 10.1. The van der Waals surface area contributed by atoms with E-state index in [1.807, 2.05) is 6.07 Å². The van der Waals surface area contributed by atoms with Crippen molar-refractivity contribution in [3.8, 4) is 0 Å². The van der Waals surface area contributed by atoms with Crippen LogP contribution in [0.15, 0.2) is 21.2 Å². The van der Waals surface area contributed by atoms with Gasteiger partial charge in [-0.05, 0) is 34.2 Å². The first-order valence-electron chi connectivity index (χ1n) is 3.76. The van der Waals surface area contributed by atoms with Gasteiger partial charge in [0.25, 0.3) is 0 Å². The highest BCUT2D eigenvalue weighted by molar-refractivity contribution is 9.10. The molecule has 0 radical (unpaired) electrons. The number of thioether (sulfide) groups is 1. The van der Waals surface area contributed by atoms with E-state index in [1.165, 1.54) is 0 Å². The lowest BCUT2D eigenvalue weighted by atomic mass is 10.0. The summed E-state index contributed by atoms with van der Waals surface area (Å²) in [5, 5.41) is 10.1. The molecule has 1 aliphatic heterocycles. The molecule has 0 saturated carbocycles. The van der Waals surface area contributed by atoms with E-state index in [4.69, 9.17) is 4.42 Å². The molecule has 0 aliphatic carbocycles. The fraction of sp³-hybridized carbons (Fsp3) is 0.500. The topological polar surface area (TPSA) is 33.4 Å². The molecule has 1 saturated heterocycles. The summed E-state index contributed by atoms with van der Waals surface area (Å²) in [4.78, 5) is 0. The lowest BCUT2D eigenvalue weighted by molar-refractivity contribution is 0.0413. The van der Waals surface area contributed by atoms with Crippen LogP contribution in [-0.2, 0) is 5.60 Å². The first kappa shape index (κ1) is 8.66. The van der Waals surface area contributed by atoms with Gasteiger partial charge in [-0.3, -0.25) is 0 Å². The number of hydrogen-bond donors (Lipinski definition) is 1. The van der Waals surface area contributed by atoms with Gasteiger partial charge in [-0.25, -0.2) is 0 Å². The average Bonchev–Trinajstić information content (AvgIpc) is 2.59. The minimum absolute atomic E-state index is 0.674. The molecule has 4 heteroatoms. The summed E-state index contributed by atoms with van der Waals surface area (Å²) in [6.07, 6.45) is 2.38. The van der Waals surface area contributed by atoms with Crippen LogP contribution in [0.5, 0.6) is 0 Å². The lowest BCUT2D eigenvalue weighted by Gasteiger charge is -2.18. The van der Waals surface area contributed by atoms with E-state index in [9.17, 15) is 5.11 Å². The van der Waals surface area contributed by atoms with E-state index in [1.54, 1.807) is 18.0 Å². The molecule has 1 N–H and O–H groups in total. The van der Waals surface area contributed by atoms with Crippen LogP contribution in [0.2, 0.25) is 0 Å². The minimum Gasteiger partial charge on any atom is -0.465 e. The van der Waals surface area contributed by atoms with Gasteiger partial charge in [0.05, 0.1) is 10.7 Å². The summed E-state index contributed by atoms with van der Waals surface area (Å²) in [6, 6.07) is 1.82. The highest BCUT2D eigenvalue weighted by Crippen LogP contribution is 2.40. The lowest BCUT2D eigenvalue weighted by Crippen LogP contribution is -2.24. The zero-order chi connectivity index (χ0) is 8.60. The van der Waals surface area contributed by atoms with Gasteiger partial charge in [0.15, 0.2) is 0 Å². The first-order valence-corrected chi connectivity index (χ1v) is 5.71. The Morgan fingerprint density at radius 1 is 1.67 bits per heavy atom. The highest BCUT2D eigenvalue weighted by Gasteiger charge is 2.37. The molecule has 2 rings (SSSR count). The third kappa shape index (κ3) is 1.32. The van der Waals surface area contributed by atoms with Crippen molar-refractivity contribution < 1.29 is 9.52 Å². The van der Waals surface area contributed by atoms with E-state index < -0.39 is 5.60 Å². The number of furan rings is 1. The number of halogens is 1. The zero-order valence-corrected chi connectivity index (χ0v) is 8.82. The summed E-state index contributed by atoms with van der Waals surface area (Å²) in [5.74, 6) is 2.41. The first-order chi connectivity index (χ1) is 5.72. The molecule has 1 aromatic heterocycles. The molecule has 66 valence electrons. The summed E-state index contributed by atoms with van der Waals surface area (Å²) in [5.41, 5.74) is -0.743. The molecule has 0 aromatic carbocycles. The van der Waals surface area contributed by atoms with Gasteiger partial charge >= 0.3 is 0 Å². The second-order valence-electron chi connectivity index (χ2n) is 2.93. The molecule has 1 unspecified atom stereocenters. The maximum atomic E-state index is 10.1. The van der Waals surface area contributed by atoms with Gasteiger partial charge in [-0.15, -0.1) is 0 Å². The molecule has 2 nitrogen and oxygen atoms in total. The smallest absolute Gasteiger partial charge is 0.150 e. The van der Waals surface area contributed by atoms with Crippen molar-refractivity contribution in [3.05, 3.63) is 22.6 Å². The van der Waals surface area contributed by atoms with Crippen LogP contribution < -0.4 is 0 Å². The Labute approximate surface area is 83.5 Å². The van der Waals surface area contributed by atoms with Crippen LogP contribution in [0, 0.1) is 0 Å². The summed E-state index contributed by atoms with van der Waals surface area (Å²) in [6.45, 7) is 0. The van der Waals surface area contributed by atoms with Crippen molar-refractivity contribution >= 4 is 27.7 Å². The second kappa shape index (κ2) is 3.09. The Kier molecular flexibility index (Phi) is 2.23. The van der Waals surface area contributed by atoms with Gasteiger partial charge < -0.3 is 9.52 Å². The van der Waals surface area contributed by atoms with Crippen LogP contribution in [-0.4, -0.2) is 16.6 Å². The van der Waals surface area contributed by atoms with Gasteiger partial charge in [0.2, 0.25) is 0 Å². The fourth-order valence-electron chi connectivity index (χ4n) is 1.36.